The number of aryl methyl sites for hydroxylation is 2. The molecule has 0 bridgehead atoms. The van der Waals surface area contributed by atoms with Crippen LogP contribution >= 0.6 is 0 Å². The van der Waals surface area contributed by atoms with Crippen LogP contribution in [0.4, 0.5) is 0 Å². The maximum Gasteiger partial charge on any atom is 0.205 e. The van der Waals surface area contributed by atoms with Crippen molar-refractivity contribution in [3.05, 3.63) is 59.7 Å². The van der Waals surface area contributed by atoms with Crippen LogP contribution in [0.2, 0.25) is 0 Å². The van der Waals surface area contributed by atoms with Gasteiger partial charge in [-0.05, 0) is 36.3 Å². The first-order valence-corrected chi connectivity index (χ1v) is 6.72. The van der Waals surface area contributed by atoms with E-state index < -0.39 is 0 Å². The Hall–Kier alpha value is -2.49. The summed E-state index contributed by atoms with van der Waals surface area (Å²) in [6, 6.07) is 16.3. The van der Waals surface area contributed by atoms with Gasteiger partial charge >= 0.3 is 0 Å². The van der Waals surface area contributed by atoms with Crippen molar-refractivity contribution in [3.63, 3.8) is 0 Å². The van der Waals surface area contributed by atoms with Crippen molar-refractivity contribution in [2.75, 3.05) is 0 Å². The maximum atomic E-state index is 4.43. The predicted molar refractivity (Wildman–Crippen MR) is 78.7 cm³/mol. The Labute approximate surface area is 118 Å². The van der Waals surface area contributed by atoms with Gasteiger partial charge in [0.25, 0.3) is 0 Å². The van der Waals surface area contributed by atoms with E-state index in [1.165, 1.54) is 11.1 Å². The smallest absolute Gasteiger partial charge is 0.130 e. The van der Waals surface area contributed by atoms with E-state index >= 15 is 0 Å². The molecular formula is C16H16N4. The molecule has 3 rings (SSSR count). The molecule has 0 spiro atoms. The molecule has 0 aliphatic rings. The predicted octanol–water partition coefficient (Wildman–Crippen LogP) is 3.20. The summed E-state index contributed by atoms with van der Waals surface area (Å²) in [4.78, 5) is 1.56. The van der Waals surface area contributed by atoms with Gasteiger partial charge in [0.05, 0.1) is 5.69 Å². The highest BCUT2D eigenvalue weighted by Gasteiger charge is 2.06. The fourth-order valence-electron chi connectivity index (χ4n) is 2.01. The Balaban J connectivity index is 1.91. The van der Waals surface area contributed by atoms with Crippen molar-refractivity contribution < 1.29 is 0 Å². The minimum Gasteiger partial charge on any atom is -0.130 e. The third kappa shape index (κ3) is 2.45. The minimum atomic E-state index is 0.643. The second-order valence-electron chi connectivity index (χ2n) is 4.79. The fraction of sp³-hybridized carbons (Fsp3) is 0.188. The van der Waals surface area contributed by atoms with Gasteiger partial charge in [0.1, 0.15) is 0 Å². The van der Waals surface area contributed by atoms with Gasteiger partial charge in [-0.1, -0.05) is 48.9 Å². The maximum absolute atomic E-state index is 4.43. The van der Waals surface area contributed by atoms with E-state index in [1.54, 1.807) is 4.80 Å². The lowest BCUT2D eigenvalue weighted by atomic mass is 10.1. The van der Waals surface area contributed by atoms with Crippen LogP contribution in [0.25, 0.3) is 17.1 Å². The number of tetrazole rings is 1. The monoisotopic (exact) mass is 264 g/mol. The minimum absolute atomic E-state index is 0.643. The first kappa shape index (κ1) is 12.5. The van der Waals surface area contributed by atoms with Crippen molar-refractivity contribution in [2.24, 2.45) is 0 Å². The van der Waals surface area contributed by atoms with E-state index in [0.29, 0.717) is 5.82 Å². The van der Waals surface area contributed by atoms with Crippen LogP contribution in [-0.4, -0.2) is 20.2 Å². The quantitative estimate of drug-likeness (QED) is 0.729. The Morgan fingerprint density at radius 3 is 2.30 bits per heavy atom. The Kier molecular flexibility index (Phi) is 3.29. The molecule has 0 radical (unpaired) electrons. The molecule has 0 saturated carbocycles. The molecule has 0 N–H and O–H groups in total. The zero-order valence-corrected chi connectivity index (χ0v) is 11.6. The number of aromatic nitrogens is 4. The van der Waals surface area contributed by atoms with Crippen LogP contribution in [0.5, 0.6) is 0 Å². The van der Waals surface area contributed by atoms with Crippen molar-refractivity contribution in [1.82, 2.24) is 20.2 Å². The van der Waals surface area contributed by atoms with Gasteiger partial charge in [0, 0.05) is 5.56 Å². The number of hydrogen-bond donors (Lipinski definition) is 0. The largest absolute Gasteiger partial charge is 0.205 e. The van der Waals surface area contributed by atoms with Gasteiger partial charge in [0.2, 0.25) is 5.82 Å². The van der Waals surface area contributed by atoms with Crippen molar-refractivity contribution in [1.29, 1.82) is 0 Å². The number of rotatable bonds is 3. The van der Waals surface area contributed by atoms with Crippen LogP contribution in [0.3, 0.4) is 0 Å². The molecule has 3 aromatic rings. The van der Waals surface area contributed by atoms with E-state index in [1.807, 2.05) is 36.4 Å². The average Bonchev–Trinajstić information content (AvgIpc) is 2.98. The molecule has 4 nitrogen and oxygen atoms in total. The van der Waals surface area contributed by atoms with Crippen LogP contribution in [-0.2, 0) is 6.42 Å². The molecule has 1 aromatic heterocycles. The third-order valence-electron chi connectivity index (χ3n) is 3.30. The molecule has 0 aliphatic heterocycles. The lowest BCUT2D eigenvalue weighted by Gasteiger charge is -2.00. The summed E-state index contributed by atoms with van der Waals surface area (Å²) in [7, 11) is 0. The number of hydrogen-bond acceptors (Lipinski definition) is 3. The summed E-state index contributed by atoms with van der Waals surface area (Å²) in [5.74, 6) is 0.643. The Morgan fingerprint density at radius 2 is 1.65 bits per heavy atom. The zero-order chi connectivity index (χ0) is 13.9. The van der Waals surface area contributed by atoms with Gasteiger partial charge in [0.15, 0.2) is 0 Å². The third-order valence-corrected chi connectivity index (χ3v) is 3.30. The second kappa shape index (κ2) is 5.25. The van der Waals surface area contributed by atoms with Gasteiger partial charge in [-0.15, -0.1) is 15.0 Å². The summed E-state index contributed by atoms with van der Waals surface area (Å²) in [6.07, 6.45) is 1.03. The van der Waals surface area contributed by atoms with E-state index in [9.17, 15) is 0 Å². The van der Waals surface area contributed by atoms with E-state index in [2.05, 4.69) is 41.4 Å². The van der Waals surface area contributed by atoms with Crippen LogP contribution in [0, 0.1) is 6.92 Å². The van der Waals surface area contributed by atoms with Crippen LogP contribution in [0.15, 0.2) is 48.5 Å². The second-order valence-corrected chi connectivity index (χ2v) is 4.79. The number of benzene rings is 2. The fourth-order valence-corrected chi connectivity index (χ4v) is 2.01. The number of nitrogens with zero attached hydrogens (tertiary/aromatic N) is 4. The van der Waals surface area contributed by atoms with Crippen LogP contribution in [0.1, 0.15) is 18.1 Å². The lowest BCUT2D eigenvalue weighted by molar-refractivity contribution is 0.719. The Bertz CT molecular complexity index is 696. The first-order valence-electron chi connectivity index (χ1n) is 6.72. The molecule has 0 fully saturated rings. The molecule has 0 aliphatic carbocycles. The molecular weight excluding hydrogens is 248 g/mol. The van der Waals surface area contributed by atoms with Crippen molar-refractivity contribution >= 4 is 0 Å². The van der Waals surface area contributed by atoms with Gasteiger partial charge in [-0.25, -0.2) is 0 Å². The summed E-state index contributed by atoms with van der Waals surface area (Å²) in [5.41, 5.74) is 4.42. The molecule has 100 valence electrons. The molecule has 0 amide bonds. The highest BCUT2D eigenvalue weighted by atomic mass is 15.6. The first-order chi connectivity index (χ1) is 9.76. The van der Waals surface area contributed by atoms with Crippen molar-refractivity contribution in [3.8, 4) is 17.1 Å². The van der Waals surface area contributed by atoms with Gasteiger partial charge < -0.3 is 0 Å². The molecule has 2 aromatic carbocycles. The van der Waals surface area contributed by atoms with Gasteiger partial charge in [-0.2, -0.15) is 0 Å². The molecule has 4 heteroatoms. The summed E-state index contributed by atoms with van der Waals surface area (Å²) in [6.45, 7) is 4.20. The standard InChI is InChI=1S/C16H16N4/c1-3-13-6-10-15(11-7-13)20-18-16(17-19-20)14-8-4-12(2)5-9-14/h4-11H,3H2,1-2H3. The average molecular weight is 264 g/mol. The topological polar surface area (TPSA) is 43.6 Å². The van der Waals surface area contributed by atoms with E-state index in [4.69, 9.17) is 0 Å². The van der Waals surface area contributed by atoms with Crippen molar-refractivity contribution in [2.45, 2.75) is 20.3 Å². The zero-order valence-electron chi connectivity index (χ0n) is 11.6. The van der Waals surface area contributed by atoms with E-state index in [0.717, 1.165) is 17.7 Å². The van der Waals surface area contributed by atoms with Gasteiger partial charge in [-0.3, -0.25) is 0 Å². The molecule has 1 heterocycles. The normalized spacial score (nSPS) is 10.7. The summed E-state index contributed by atoms with van der Waals surface area (Å²) >= 11 is 0. The molecule has 0 saturated heterocycles. The SMILES string of the molecule is CCc1ccc(-n2nnc(-c3ccc(C)cc3)n2)cc1. The molecule has 20 heavy (non-hydrogen) atoms. The molecule has 0 unspecified atom stereocenters. The van der Waals surface area contributed by atoms with E-state index in [-0.39, 0.29) is 0 Å². The highest BCUT2D eigenvalue weighted by Crippen LogP contribution is 2.15. The van der Waals surface area contributed by atoms with Crippen LogP contribution < -0.4 is 0 Å². The highest BCUT2D eigenvalue weighted by molar-refractivity contribution is 5.54. The molecule has 0 atom stereocenters. The summed E-state index contributed by atoms with van der Waals surface area (Å²) < 4.78 is 0. The Morgan fingerprint density at radius 1 is 0.950 bits per heavy atom. The lowest BCUT2D eigenvalue weighted by Crippen LogP contribution is -1.99. The summed E-state index contributed by atoms with van der Waals surface area (Å²) in [5, 5.41) is 12.7.